The molecule has 0 aromatic heterocycles. The van der Waals surface area contributed by atoms with Crippen molar-refractivity contribution in [3.63, 3.8) is 0 Å². The number of methoxy groups -OCH3 is 2. The van der Waals surface area contributed by atoms with E-state index in [9.17, 15) is 4.79 Å². The van der Waals surface area contributed by atoms with Gasteiger partial charge in [-0.15, -0.1) is 12.4 Å². The molecule has 94 valence electrons. The van der Waals surface area contributed by atoms with Crippen LogP contribution in [0.15, 0.2) is 18.2 Å². The summed E-state index contributed by atoms with van der Waals surface area (Å²) in [4.78, 5) is 11.6. The number of hydrogen-bond acceptors (Lipinski definition) is 4. The smallest absolute Gasteiger partial charge is 0.314 e. The third kappa shape index (κ3) is 2.70. The molecule has 0 amide bonds. The SMILES string of the molecule is COC(=O)C1CNCc2ccc(OC)cc21.Cl. The van der Waals surface area contributed by atoms with E-state index >= 15 is 0 Å². The lowest BCUT2D eigenvalue weighted by Gasteiger charge is -2.24. The topological polar surface area (TPSA) is 47.6 Å². The molecule has 0 saturated carbocycles. The van der Waals surface area contributed by atoms with E-state index in [0.717, 1.165) is 23.4 Å². The van der Waals surface area contributed by atoms with Crippen LogP contribution < -0.4 is 10.1 Å². The van der Waals surface area contributed by atoms with Gasteiger partial charge in [-0.05, 0) is 23.3 Å². The Morgan fingerprint density at radius 3 is 2.82 bits per heavy atom. The van der Waals surface area contributed by atoms with Gasteiger partial charge in [-0.1, -0.05) is 6.07 Å². The Kier molecular flexibility index (Phi) is 4.78. The summed E-state index contributed by atoms with van der Waals surface area (Å²) in [6.07, 6.45) is 0. The Morgan fingerprint density at radius 2 is 2.18 bits per heavy atom. The van der Waals surface area contributed by atoms with Crippen LogP contribution in [0, 0.1) is 0 Å². The maximum Gasteiger partial charge on any atom is 0.314 e. The van der Waals surface area contributed by atoms with Crippen LogP contribution in [-0.4, -0.2) is 26.7 Å². The second kappa shape index (κ2) is 5.89. The molecule has 1 aliphatic heterocycles. The number of rotatable bonds is 2. The van der Waals surface area contributed by atoms with Crippen molar-refractivity contribution in [2.24, 2.45) is 0 Å². The number of hydrogen-bond donors (Lipinski definition) is 1. The van der Waals surface area contributed by atoms with Crippen molar-refractivity contribution in [2.75, 3.05) is 20.8 Å². The lowest BCUT2D eigenvalue weighted by molar-refractivity contribution is -0.142. The molecular weight excluding hydrogens is 242 g/mol. The van der Waals surface area contributed by atoms with E-state index in [2.05, 4.69) is 5.32 Å². The highest BCUT2D eigenvalue weighted by atomic mass is 35.5. The summed E-state index contributed by atoms with van der Waals surface area (Å²) in [5, 5.41) is 3.20. The standard InChI is InChI=1S/C12H15NO3.ClH/c1-15-9-4-3-8-6-13-7-11(10(8)5-9)12(14)16-2;/h3-5,11,13H,6-7H2,1-2H3;1H. The van der Waals surface area contributed by atoms with Crippen LogP contribution in [-0.2, 0) is 16.1 Å². The molecule has 0 saturated heterocycles. The molecule has 2 rings (SSSR count). The van der Waals surface area contributed by atoms with Crippen LogP contribution >= 0.6 is 12.4 Å². The molecule has 0 bridgehead atoms. The molecule has 0 spiro atoms. The van der Waals surface area contributed by atoms with E-state index in [4.69, 9.17) is 9.47 Å². The summed E-state index contributed by atoms with van der Waals surface area (Å²) in [5.41, 5.74) is 2.13. The van der Waals surface area contributed by atoms with E-state index in [1.54, 1.807) is 7.11 Å². The number of nitrogens with one attached hydrogen (secondary N) is 1. The first-order chi connectivity index (χ1) is 7.76. The van der Waals surface area contributed by atoms with E-state index in [1.807, 2.05) is 18.2 Å². The van der Waals surface area contributed by atoms with Crippen LogP contribution in [0.25, 0.3) is 0 Å². The minimum atomic E-state index is -0.233. The normalized spacial score (nSPS) is 17.6. The van der Waals surface area contributed by atoms with Gasteiger partial charge in [-0.2, -0.15) is 0 Å². The minimum Gasteiger partial charge on any atom is -0.497 e. The molecule has 0 radical (unpaired) electrons. The molecule has 1 heterocycles. The molecule has 5 heteroatoms. The molecule has 4 nitrogen and oxygen atoms in total. The van der Waals surface area contributed by atoms with Crippen molar-refractivity contribution in [2.45, 2.75) is 12.5 Å². The molecule has 1 unspecified atom stereocenters. The monoisotopic (exact) mass is 257 g/mol. The van der Waals surface area contributed by atoms with Gasteiger partial charge in [0, 0.05) is 13.1 Å². The lowest BCUT2D eigenvalue weighted by atomic mass is 9.91. The lowest BCUT2D eigenvalue weighted by Crippen LogP contribution is -2.33. The number of carbonyl (C=O) groups is 1. The van der Waals surface area contributed by atoms with Crippen molar-refractivity contribution in [3.8, 4) is 5.75 Å². The first kappa shape index (κ1) is 13.8. The fourth-order valence-corrected chi connectivity index (χ4v) is 2.00. The Morgan fingerprint density at radius 1 is 1.41 bits per heavy atom. The third-order valence-corrected chi connectivity index (χ3v) is 2.88. The maximum absolute atomic E-state index is 11.6. The fourth-order valence-electron chi connectivity index (χ4n) is 2.00. The maximum atomic E-state index is 11.6. The molecule has 1 aromatic carbocycles. The van der Waals surface area contributed by atoms with E-state index < -0.39 is 0 Å². The van der Waals surface area contributed by atoms with Gasteiger partial charge in [0.05, 0.1) is 20.1 Å². The van der Waals surface area contributed by atoms with Crippen LogP contribution in [0.4, 0.5) is 0 Å². The molecule has 1 N–H and O–H groups in total. The van der Waals surface area contributed by atoms with Gasteiger partial charge in [0.15, 0.2) is 0 Å². The van der Waals surface area contributed by atoms with Gasteiger partial charge in [-0.3, -0.25) is 4.79 Å². The summed E-state index contributed by atoms with van der Waals surface area (Å²) in [6.45, 7) is 1.40. The summed E-state index contributed by atoms with van der Waals surface area (Å²) in [5.74, 6) is 0.333. The number of fused-ring (bicyclic) bond motifs is 1. The Hall–Kier alpha value is -1.26. The van der Waals surface area contributed by atoms with Crippen LogP contribution in [0.5, 0.6) is 5.75 Å². The number of benzene rings is 1. The van der Waals surface area contributed by atoms with Crippen molar-refractivity contribution >= 4 is 18.4 Å². The zero-order valence-electron chi connectivity index (χ0n) is 9.86. The van der Waals surface area contributed by atoms with Crippen LogP contribution in [0.2, 0.25) is 0 Å². The van der Waals surface area contributed by atoms with E-state index in [0.29, 0.717) is 6.54 Å². The predicted octanol–water partition coefficient (Wildman–Crippen LogP) is 1.48. The van der Waals surface area contributed by atoms with Crippen molar-refractivity contribution in [1.29, 1.82) is 0 Å². The van der Waals surface area contributed by atoms with Gasteiger partial charge in [0.1, 0.15) is 5.75 Å². The minimum absolute atomic E-state index is 0. The van der Waals surface area contributed by atoms with E-state index in [1.165, 1.54) is 7.11 Å². The van der Waals surface area contributed by atoms with E-state index in [-0.39, 0.29) is 24.3 Å². The van der Waals surface area contributed by atoms with Crippen LogP contribution in [0.1, 0.15) is 17.0 Å². The summed E-state index contributed by atoms with van der Waals surface area (Å²) < 4.78 is 9.97. The fraction of sp³-hybridized carbons (Fsp3) is 0.417. The molecule has 0 fully saturated rings. The highest BCUT2D eigenvalue weighted by Gasteiger charge is 2.27. The molecule has 1 aliphatic rings. The Labute approximate surface area is 107 Å². The van der Waals surface area contributed by atoms with Gasteiger partial charge >= 0.3 is 5.97 Å². The highest BCUT2D eigenvalue weighted by molar-refractivity contribution is 5.85. The average Bonchev–Trinajstić information content (AvgIpc) is 2.36. The molecule has 0 aliphatic carbocycles. The van der Waals surface area contributed by atoms with Gasteiger partial charge in [-0.25, -0.2) is 0 Å². The van der Waals surface area contributed by atoms with Crippen molar-refractivity contribution < 1.29 is 14.3 Å². The number of carbonyl (C=O) groups excluding carboxylic acids is 1. The zero-order chi connectivity index (χ0) is 11.5. The first-order valence-electron chi connectivity index (χ1n) is 5.21. The quantitative estimate of drug-likeness (QED) is 0.816. The van der Waals surface area contributed by atoms with Crippen LogP contribution in [0.3, 0.4) is 0 Å². The zero-order valence-corrected chi connectivity index (χ0v) is 10.7. The molecule has 1 atom stereocenters. The summed E-state index contributed by atoms with van der Waals surface area (Å²) in [6, 6.07) is 5.80. The van der Waals surface area contributed by atoms with Gasteiger partial charge in [0.25, 0.3) is 0 Å². The number of ether oxygens (including phenoxy) is 2. The first-order valence-corrected chi connectivity index (χ1v) is 5.21. The largest absolute Gasteiger partial charge is 0.497 e. The highest BCUT2D eigenvalue weighted by Crippen LogP contribution is 2.28. The average molecular weight is 258 g/mol. The van der Waals surface area contributed by atoms with Gasteiger partial charge < -0.3 is 14.8 Å². The predicted molar refractivity (Wildman–Crippen MR) is 66.7 cm³/mol. The van der Waals surface area contributed by atoms with Crippen molar-refractivity contribution in [1.82, 2.24) is 5.32 Å². The summed E-state index contributed by atoms with van der Waals surface area (Å²) >= 11 is 0. The van der Waals surface area contributed by atoms with Crippen molar-refractivity contribution in [3.05, 3.63) is 29.3 Å². The number of halogens is 1. The second-order valence-electron chi connectivity index (χ2n) is 3.77. The second-order valence-corrected chi connectivity index (χ2v) is 3.77. The molecule has 1 aromatic rings. The molecular formula is C12H16ClNO3. The summed E-state index contributed by atoms with van der Waals surface area (Å²) in [7, 11) is 3.03. The third-order valence-electron chi connectivity index (χ3n) is 2.88. The Balaban J connectivity index is 0.00000144. The Bertz CT molecular complexity index is 409. The van der Waals surface area contributed by atoms with Gasteiger partial charge in [0.2, 0.25) is 0 Å². The molecule has 17 heavy (non-hydrogen) atoms. The number of esters is 1.